The zero-order valence-corrected chi connectivity index (χ0v) is 17.3. The number of carbonyl (C=O) groups is 1. The number of anilines is 1. The van der Waals surface area contributed by atoms with Gasteiger partial charge >= 0.3 is 0 Å². The molecule has 2 heterocycles. The molecule has 1 aromatic carbocycles. The van der Waals surface area contributed by atoms with Crippen LogP contribution < -0.4 is 10.2 Å². The van der Waals surface area contributed by atoms with E-state index in [9.17, 15) is 4.79 Å². The van der Waals surface area contributed by atoms with E-state index in [4.69, 9.17) is 9.98 Å². The van der Waals surface area contributed by atoms with Crippen molar-refractivity contribution in [2.24, 2.45) is 4.99 Å². The minimum Gasteiger partial charge on any atom is -0.363 e. The zero-order valence-electron chi connectivity index (χ0n) is 17.3. The lowest BCUT2D eigenvalue weighted by Crippen LogP contribution is -2.53. The van der Waals surface area contributed by atoms with Crippen LogP contribution in [0.15, 0.2) is 35.3 Å². The minimum atomic E-state index is 0.140. The molecule has 1 amide bonds. The molecule has 1 aliphatic rings. The number of carbonyl (C=O) groups excluding carboxylic acids is 1. The van der Waals surface area contributed by atoms with Gasteiger partial charge in [0.05, 0.1) is 12.1 Å². The average Bonchev–Trinajstić information content (AvgIpc) is 2.70. The van der Waals surface area contributed by atoms with Crippen LogP contribution >= 0.6 is 0 Å². The summed E-state index contributed by atoms with van der Waals surface area (Å²) in [6, 6.07) is 10.3. The normalized spacial score (nSPS) is 15.1. The topological polar surface area (TPSA) is 64.1 Å². The van der Waals surface area contributed by atoms with Crippen molar-refractivity contribution in [1.82, 2.24) is 20.1 Å². The van der Waals surface area contributed by atoms with Gasteiger partial charge in [-0.15, -0.1) is 0 Å². The SMILES string of the molecule is CCNC(=NCc1cc(N(C)C)nc2ccccc12)N1CCN(C(C)=O)CC1. The molecule has 150 valence electrons. The number of hydrogen-bond donors (Lipinski definition) is 1. The lowest BCUT2D eigenvalue weighted by Gasteiger charge is -2.36. The molecule has 0 radical (unpaired) electrons. The monoisotopic (exact) mass is 382 g/mol. The Morgan fingerprint density at radius 2 is 1.86 bits per heavy atom. The summed E-state index contributed by atoms with van der Waals surface area (Å²) in [6.07, 6.45) is 0. The number of pyridine rings is 1. The summed E-state index contributed by atoms with van der Waals surface area (Å²) in [5, 5.41) is 4.53. The molecule has 0 saturated carbocycles. The Hall–Kier alpha value is -2.83. The molecule has 1 N–H and O–H groups in total. The maximum Gasteiger partial charge on any atom is 0.219 e. The Morgan fingerprint density at radius 3 is 2.50 bits per heavy atom. The van der Waals surface area contributed by atoms with E-state index in [0.717, 1.165) is 61.0 Å². The molecule has 0 bridgehead atoms. The van der Waals surface area contributed by atoms with Crippen LogP contribution in [0.2, 0.25) is 0 Å². The van der Waals surface area contributed by atoms with Crippen LogP contribution in [0.25, 0.3) is 10.9 Å². The number of amides is 1. The second kappa shape index (κ2) is 8.91. The van der Waals surface area contributed by atoms with Gasteiger partial charge in [-0.05, 0) is 24.6 Å². The largest absolute Gasteiger partial charge is 0.363 e. The molecule has 2 aromatic rings. The molecule has 1 aliphatic heterocycles. The van der Waals surface area contributed by atoms with E-state index in [1.54, 1.807) is 6.92 Å². The van der Waals surface area contributed by atoms with Gasteiger partial charge in [-0.3, -0.25) is 4.79 Å². The number of aromatic nitrogens is 1. The van der Waals surface area contributed by atoms with Crippen LogP contribution in [-0.2, 0) is 11.3 Å². The standard InChI is InChI=1S/C21H30N6O/c1-5-22-21(27-12-10-26(11-13-27)16(2)28)23-15-17-14-20(25(3)4)24-19-9-7-6-8-18(17)19/h6-9,14H,5,10-13,15H2,1-4H3,(H,22,23). The summed E-state index contributed by atoms with van der Waals surface area (Å²) < 4.78 is 0. The van der Waals surface area contributed by atoms with Crippen molar-refractivity contribution in [2.75, 3.05) is 51.7 Å². The molecule has 28 heavy (non-hydrogen) atoms. The fourth-order valence-electron chi connectivity index (χ4n) is 3.41. The van der Waals surface area contributed by atoms with E-state index < -0.39 is 0 Å². The van der Waals surface area contributed by atoms with E-state index in [0.29, 0.717) is 6.54 Å². The van der Waals surface area contributed by atoms with Gasteiger partial charge < -0.3 is 20.0 Å². The summed E-state index contributed by atoms with van der Waals surface area (Å²) in [5.41, 5.74) is 2.14. The van der Waals surface area contributed by atoms with Crippen LogP contribution in [0.3, 0.4) is 0 Å². The summed E-state index contributed by atoms with van der Waals surface area (Å²) in [6.45, 7) is 8.17. The van der Waals surface area contributed by atoms with Crippen molar-refractivity contribution in [2.45, 2.75) is 20.4 Å². The van der Waals surface area contributed by atoms with Crippen molar-refractivity contribution in [3.63, 3.8) is 0 Å². The number of nitrogens with one attached hydrogen (secondary N) is 1. The molecule has 1 saturated heterocycles. The van der Waals surface area contributed by atoms with Crippen molar-refractivity contribution >= 4 is 28.6 Å². The maximum atomic E-state index is 11.6. The molecule has 0 spiro atoms. The molecule has 0 aliphatic carbocycles. The highest BCUT2D eigenvalue weighted by Gasteiger charge is 2.21. The van der Waals surface area contributed by atoms with E-state index in [-0.39, 0.29) is 5.91 Å². The smallest absolute Gasteiger partial charge is 0.219 e. The molecule has 1 aromatic heterocycles. The van der Waals surface area contributed by atoms with Gasteiger partial charge in [-0.25, -0.2) is 9.98 Å². The van der Waals surface area contributed by atoms with Crippen molar-refractivity contribution < 1.29 is 4.79 Å². The third kappa shape index (κ3) is 4.52. The number of piperazine rings is 1. The van der Waals surface area contributed by atoms with E-state index in [2.05, 4.69) is 29.3 Å². The molecular formula is C21H30N6O. The summed E-state index contributed by atoms with van der Waals surface area (Å²) >= 11 is 0. The Kier molecular flexibility index (Phi) is 6.34. The van der Waals surface area contributed by atoms with Gasteiger partial charge in [0.15, 0.2) is 5.96 Å². The van der Waals surface area contributed by atoms with Crippen LogP contribution in [0, 0.1) is 0 Å². The van der Waals surface area contributed by atoms with Crippen LogP contribution in [0.1, 0.15) is 19.4 Å². The Balaban J connectivity index is 1.84. The predicted molar refractivity (Wildman–Crippen MR) is 115 cm³/mol. The number of aliphatic imine (C=N–C) groups is 1. The highest BCUT2D eigenvalue weighted by molar-refractivity contribution is 5.85. The molecular weight excluding hydrogens is 352 g/mol. The third-order valence-electron chi connectivity index (χ3n) is 5.01. The van der Waals surface area contributed by atoms with Gasteiger partial charge in [-0.2, -0.15) is 0 Å². The van der Waals surface area contributed by atoms with Gasteiger partial charge in [-0.1, -0.05) is 18.2 Å². The Morgan fingerprint density at radius 1 is 1.18 bits per heavy atom. The number of rotatable bonds is 4. The summed E-state index contributed by atoms with van der Waals surface area (Å²) in [4.78, 5) is 27.4. The van der Waals surface area contributed by atoms with Gasteiger partial charge in [0.2, 0.25) is 5.91 Å². The summed E-state index contributed by atoms with van der Waals surface area (Å²) in [5.74, 6) is 1.98. The third-order valence-corrected chi connectivity index (χ3v) is 5.01. The number of para-hydroxylation sites is 1. The first-order valence-corrected chi connectivity index (χ1v) is 9.84. The second-order valence-corrected chi connectivity index (χ2v) is 7.21. The van der Waals surface area contributed by atoms with Gasteiger partial charge in [0, 0.05) is 59.1 Å². The number of guanidine groups is 1. The lowest BCUT2D eigenvalue weighted by molar-refractivity contribution is -0.130. The minimum absolute atomic E-state index is 0.140. The first kappa shape index (κ1) is 19.9. The molecule has 7 nitrogen and oxygen atoms in total. The Labute approximate surface area is 167 Å². The van der Waals surface area contributed by atoms with Crippen molar-refractivity contribution in [3.8, 4) is 0 Å². The van der Waals surface area contributed by atoms with Crippen LogP contribution in [-0.4, -0.2) is 73.5 Å². The number of benzene rings is 1. The van der Waals surface area contributed by atoms with Crippen LogP contribution in [0.4, 0.5) is 5.82 Å². The fourth-order valence-corrected chi connectivity index (χ4v) is 3.41. The maximum absolute atomic E-state index is 11.6. The van der Waals surface area contributed by atoms with Gasteiger partial charge in [0.25, 0.3) is 0 Å². The molecule has 3 rings (SSSR count). The lowest BCUT2D eigenvalue weighted by atomic mass is 10.1. The highest BCUT2D eigenvalue weighted by atomic mass is 16.2. The highest BCUT2D eigenvalue weighted by Crippen LogP contribution is 2.23. The zero-order chi connectivity index (χ0) is 20.1. The Bertz CT molecular complexity index is 855. The first-order chi connectivity index (χ1) is 13.5. The van der Waals surface area contributed by atoms with E-state index >= 15 is 0 Å². The van der Waals surface area contributed by atoms with E-state index in [1.165, 1.54) is 0 Å². The van der Waals surface area contributed by atoms with Crippen molar-refractivity contribution in [3.05, 3.63) is 35.9 Å². The van der Waals surface area contributed by atoms with Crippen molar-refractivity contribution in [1.29, 1.82) is 0 Å². The average molecular weight is 383 g/mol. The fraction of sp³-hybridized carbons (Fsp3) is 0.476. The van der Waals surface area contributed by atoms with E-state index in [1.807, 2.05) is 42.1 Å². The van der Waals surface area contributed by atoms with Crippen LogP contribution in [0.5, 0.6) is 0 Å². The first-order valence-electron chi connectivity index (χ1n) is 9.84. The number of nitrogens with zero attached hydrogens (tertiary/aromatic N) is 5. The predicted octanol–water partition coefficient (Wildman–Crippen LogP) is 1.93. The number of fused-ring (bicyclic) bond motifs is 1. The molecule has 7 heteroatoms. The quantitative estimate of drug-likeness (QED) is 0.647. The molecule has 0 unspecified atom stereocenters. The van der Waals surface area contributed by atoms with Gasteiger partial charge in [0.1, 0.15) is 5.82 Å². The number of hydrogen-bond acceptors (Lipinski definition) is 4. The summed E-state index contributed by atoms with van der Waals surface area (Å²) in [7, 11) is 4.01. The second-order valence-electron chi connectivity index (χ2n) is 7.21. The molecule has 1 fully saturated rings. The molecule has 0 atom stereocenters.